The lowest BCUT2D eigenvalue weighted by Gasteiger charge is -2.30. The third-order valence-corrected chi connectivity index (χ3v) is 3.56. The molecule has 0 bridgehead atoms. The fourth-order valence-corrected chi connectivity index (χ4v) is 2.41. The Kier molecular flexibility index (Phi) is 5.82. The van der Waals surface area contributed by atoms with Crippen molar-refractivity contribution in [3.8, 4) is 0 Å². The Labute approximate surface area is 115 Å². The van der Waals surface area contributed by atoms with E-state index in [2.05, 4.69) is 35.4 Å². The number of hydrogen-bond donors (Lipinski definition) is 1. The fraction of sp³-hybridized carbons (Fsp3) is 0.786. The van der Waals surface area contributed by atoms with Gasteiger partial charge in [0.25, 0.3) is 0 Å². The van der Waals surface area contributed by atoms with E-state index in [0.717, 1.165) is 63.6 Å². The molecule has 1 aliphatic heterocycles. The van der Waals surface area contributed by atoms with Gasteiger partial charge in [-0.2, -0.15) is 0 Å². The number of ether oxygens (including phenoxy) is 1. The highest BCUT2D eigenvalue weighted by Crippen LogP contribution is 2.16. The molecule has 1 aliphatic rings. The molecule has 0 atom stereocenters. The highest BCUT2D eigenvalue weighted by atomic mass is 16.5. The summed E-state index contributed by atoms with van der Waals surface area (Å²) in [4.78, 5) is 2.34. The molecular formula is C14H25N3O2. The third-order valence-electron chi connectivity index (χ3n) is 3.56. The van der Waals surface area contributed by atoms with Crippen LogP contribution in [0, 0.1) is 0 Å². The minimum absolute atomic E-state index is 0.598. The second kappa shape index (κ2) is 7.62. The average Bonchev–Trinajstić information content (AvgIpc) is 2.88. The van der Waals surface area contributed by atoms with Crippen LogP contribution in [0.2, 0.25) is 0 Å². The molecular weight excluding hydrogens is 242 g/mol. The first-order valence-electron chi connectivity index (χ1n) is 7.22. The van der Waals surface area contributed by atoms with E-state index in [1.165, 1.54) is 0 Å². The molecule has 1 N–H and O–H groups in total. The van der Waals surface area contributed by atoms with Gasteiger partial charge in [-0.05, 0) is 32.9 Å². The third kappa shape index (κ3) is 4.60. The maximum absolute atomic E-state index is 5.39. The summed E-state index contributed by atoms with van der Waals surface area (Å²) in [5, 5.41) is 7.43. The Morgan fingerprint density at radius 1 is 1.42 bits per heavy atom. The fourth-order valence-electron chi connectivity index (χ4n) is 2.41. The van der Waals surface area contributed by atoms with Gasteiger partial charge < -0.3 is 14.6 Å². The van der Waals surface area contributed by atoms with Crippen LogP contribution in [-0.2, 0) is 17.8 Å². The lowest BCUT2D eigenvalue weighted by atomic mass is 10.1. The van der Waals surface area contributed by atoms with Crippen molar-refractivity contribution in [3.63, 3.8) is 0 Å². The van der Waals surface area contributed by atoms with Crippen LogP contribution in [0.4, 0.5) is 0 Å². The molecule has 5 heteroatoms. The summed E-state index contributed by atoms with van der Waals surface area (Å²) in [5.41, 5.74) is 0.990. The van der Waals surface area contributed by atoms with Crippen molar-refractivity contribution in [2.24, 2.45) is 0 Å². The Hall–Kier alpha value is -0.910. The number of nitrogens with zero attached hydrogens (tertiary/aromatic N) is 2. The summed E-state index contributed by atoms with van der Waals surface area (Å²) >= 11 is 0. The van der Waals surface area contributed by atoms with Crippen LogP contribution in [0.5, 0.6) is 0 Å². The summed E-state index contributed by atoms with van der Waals surface area (Å²) in [6.45, 7) is 6.53. The predicted molar refractivity (Wildman–Crippen MR) is 73.8 cm³/mol. The van der Waals surface area contributed by atoms with Crippen LogP contribution in [0.3, 0.4) is 0 Å². The summed E-state index contributed by atoms with van der Waals surface area (Å²) in [6, 6.07) is 2.65. The largest absolute Gasteiger partial charge is 0.381 e. The van der Waals surface area contributed by atoms with Crippen molar-refractivity contribution in [3.05, 3.63) is 17.5 Å². The smallest absolute Gasteiger partial charge is 0.151 e. The predicted octanol–water partition coefficient (Wildman–Crippen LogP) is 1.78. The zero-order valence-corrected chi connectivity index (χ0v) is 12.0. The van der Waals surface area contributed by atoms with Gasteiger partial charge in [-0.3, -0.25) is 4.90 Å². The molecule has 0 aromatic carbocycles. The normalized spacial score (nSPS) is 17.2. The minimum Gasteiger partial charge on any atom is -0.381 e. The summed E-state index contributed by atoms with van der Waals surface area (Å²) < 4.78 is 10.8. The van der Waals surface area contributed by atoms with E-state index < -0.39 is 0 Å². The maximum Gasteiger partial charge on any atom is 0.151 e. The molecule has 0 unspecified atom stereocenters. The summed E-state index contributed by atoms with van der Waals surface area (Å²) in [6.07, 6.45) is 3.35. The van der Waals surface area contributed by atoms with Crippen LogP contribution in [-0.4, -0.2) is 42.9 Å². The second-order valence-corrected chi connectivity index (χ2v) is 5.22. The van der Waals surface area contributed by atoms with Crippen molar-refractivity contribution in [1.29, 1.82) is 0 Å². The van der Waals surface area contributed by atoms with Gasteiger partial charge >= 0.3 is 0 Å². The minimum atomic E-state index is 0.598. The molecule has 108 valence electrons. The molecule has 0 spiro atoms. The van der Waals surface area contributed by atoms with Crippen molar-refractivity contribution in [2.45, 2.75) is 45.3 Å². The molecule has 1 saturated heterocycles. The molecule has 1 fully saturated rings. The van der Waals surface area contributed by atoms with Gasteiger partial charge in [0.15, 0.2) is 5.76 Å². The Morgan fingerprint density at radius 3 is 2.95 bits per heavy atom. The molecule has 2 rings (SSSR count). The molecule has 0 aliphatic carbocycles. The van der Waals surface area contributed by atoms with E-state index in [9.17, 15) is 0 Å². The van der Waals surface area contributed by atoms with E-state index in [1.807, 2.05) is 0 Å². The van der Waals surface area contributed by atoms with Crippen molar-refractivity contribution < 1.29 is 9.26 Å². The van der Waals surface area contributed by atoms with E-state index in [0.29, 0.717) is 6.04 Å². The Bertz CT molecular complexity index is 361. The zero-order valence-electron chi connectivity index (χ0n) is 12.0. The highest BCUT2D eigenvalue weighted by Gasteiger charge is 2.19. The van der Waals surface area contributed by atoms with Crippen molar-refractivity contribution in [2.75, 3.05) is 26.8 Å². The maximum atomic E-state index is 5.39. The van der Waals surface area contributed by atoms with Gasteiger partial charge in [0.1, 0.15) is 0 Å². The van der Waals surface area contributed by atoms with E-state index in [1.54, 1.807) is 0 Å². The topological polar surface area (TPSA) is 50.5 Å². The van der Waals surface area contributed by atoms with Crippen LogP contribution in [0.1, 0.15) is 37.6 Å². The molecule has 0 amide bonds. The SMILES string of the molecule is CCCNCc1cc(CN(C)C2CCOCC2)on1. The Morgan fingerprint density at radius 2 is 2.21 bits per heavy atom. The molecule has 0 radical (unpaired) electrons. The number of aromatic nitrogens is 1. The molecule has 5 nitrogen and oxygen atoms in total. The first-order chi connectivity index (χ1) is 9.29. The molecule has 1 aromatic rings. The zero-order chi connectivity index (χ0) is 13.5. The standard InChI is InChI=1S/C14H25N3O2/c1-3-6-15-10-12-9-14(19-16-12)11-17(2)13-4-7-18-8-5-13/h9,13,15H,3-8,10-11H2,1-2H3. The molecule has 19 heavy (non-hydrogen) atoms. The van der Waals surface area contributed by atoms with E-state index >= 15 is 0 Å². The van der Waals surface area contributed by atoms with Crippen LogP contribution >= 0.6 is 0 Å². The van der Waals surface area contributed by atoms with Gasteiger partial charge in [-0.1, -0.05) is 12.1 Å². The van der Waals surface area contributed by atoms with E-state index in [4.69, 9.17) is 9.26 Å². The van der Waals surface area contributed by atoms with Gasteiger partial charge in [-0.15, -0.1) is 0 Å². The number of hydrogen-bond acceptors (Lipinski definition) is 5. The van der Waals surface area contributed by atoms with Crippen molar-refractivity contribution >= 4 is 0 Å². The van der Waals surface area contributed by atoms with Gasteiger partial charge in [0, 0.05) is 31.9 Å². The lowest BCUT2D eigenvalue weighted by Crippen LogP contribution is -2.36. The quantitative estimate of drug-likeness (QED) is 0.763. The molecule has 2 heterocycles. The van der Waals surface area contributed by atoms with Gasteiger partial charge in [-0.25, -0.2) is 0 Å². The Balaban J connectivity index is 1.78. The van der Waals surface area contributed by atoms with Crippen molar-refractivity contribution in [1.82, 2.24) is 15.4 Å². The summed E-state index contributed by atoms with van der Waals surface area (Å²) in [7, 11) is 2.15. The number of rotatable bonds is 7. The van der Waals surface area contributed by atoms with Gasteiger partial charge in [0.2, 0.25) is 0 Å². The monoisotopic (exact) mass is 267 g/mol. The van der Waals surface area contributed by atoms with E-state index in [-0.39, 0.29) is 0 Å². The molecule has 1 aromatic heterocycles. The highest BCUT2D eigenvalue weighted by molar-refractivity contribution is 5.05. The molecule has 0 saturated carbocycles. The van der Waals surface area contributed by atoms with Crippen LogP contribution < -0.4 is 5.32 Å². The lowest BCUT2D eigenvalue weighted by molar-refractivity contribution is 0.0381. The van der Waals surface area contributed by atoms with Gasteiger partial charge in [0.05, 0.1) is 12.2 Å². The van der Waals surface area contributed by atoms with Crippen LogP contribution in [0.15, 0.2) is 10.6 Å². The first-order valence-corrected chi connectivity index (χ1v) is 7.22. The van der Waals surface area contributed by atoms with Crippen LogP contribution in [0.25, 0.3) is 0 Å². The first kappa shape index (κ1) is 14.5. The average molecular weight is 267 g/mol. The second-order valence-electron chi connectivity index (χ2n) is 5.22. The summed E-state index contributed by atoms with van der Waals surface area (Å²) in [5.74, 6) is 0.947. The number of nitrogens with one attached hydrogen (secondary N) is 1.